The third kappa shape index (κ3) is 4.91. The highest BCUT2D eigenvalue weighted by Crippen LogP contribution is 2.14. The molecular weight excluding hydrogens is 271 g/mol. The first-order chi connectivity index (χ1) is 10.1. The zero-order chi connectivity index (χ0) is 15.1. The van der Waals surface area contributed by atoms with Gasteiger partial charge in [-0.25, -0.2) is 4.39 Å². The molecule has 0 aromatic heterocycles. The maximum absolute atomic E-state index is 12.7. The van der Waals surface area contributed by atoms with Gasteiger partial charge in [-0.05, 0) is 43.3 Å². The summed E-state index contributed by atoms with van der Waals surface area (Å²) < 4.78 is 23.7. The fraction of sp³-hybridized carbons (Fsp3) is 0.235. The molecule has 4 heteroatoms. The summed E-state index contributed by atoms with van der Waals surface area (Å²) in [6.45, 7) is 2.50. The number of ketones is 1. The Morgan fingerprint density at radius 2 is 1.67 bits per heavy atom. The fourth-order valence-electron chi connectivity index (χ4n) is 1.77. The SMILES string of the molecule is CC(=O)c1cccc(OCCCOc2ccc(F)cc2)c1. The summed E-state index contributed by atoms with van der Waals surface area (Å²) in [7, 11) is 0. The number of carbonyl (C=O) groups is 1. The van der Waals surface area contributed by atoms with Crippen molar-refractivity contribution in [1.29, 1.82) is 0 Å². The molecule has 0 aliphatic carbocycles. The van der Waals surface area contributed by atoms with Crippen LogP contribution in [-0.4, -0.2) is 19.0 Å². The molecule has 0 atom stereocenters. The molecule has 2 rings (SSSR count). The van der Waals surface area contributed by atoms with Gasteiger partial charge in [-0.3, -0.25) is 4.79 Å². The highest BCUT2D eigenvalue weighted by molar-refractivity contribution is 5.94. The van der Waals surface area contributed by atoms with E-state index in [2.05, 4.69) is 0 Å². The number of ether oxygens (including phenoxy) is 2. The van der Waals surface area contributed by atoms with Gasteiger partial charge in [0.15, 0.2) is 5.78 Å². The van der Waals surface area contributed by atoms with Crippen molar-refractivity contribution in [2.75, 3.05) is 13.2 Å². The number of benzene rings is 2. The van der Waals surface area contributed by atoms with Crippen molar-refractivity contribution in [3.8, 4) is 11.5 Å². The first kappa shape index (κ1) is 15.0. The second-order valence-corrected chi connectivity index (χ2v) is 4.59. The van der Waals surface area contributed by atoms with E-state index >= 15 is 0 Å². The molecular formula is C17H17FO3. The Balaban J connectivity index is 1.71. The van der Waals surface area contributed by atoms with E-state index in [9.17, 15) is 9.18 Å². The molecule has 0 fully saturated rings. The van der Waals surface area contributed by atoms with Crippen molar-refractivity contribution in [3.63, 3.8) is 0 Å². The summed E-state index contributed by atoms with van der Waals surface area (Å²) in [6.07, 6.45) is 0.696. The van der Waals surface area contributed by atoms with Crippen LogP contribution < -0.4 is 9.47 Å². The Labute approximate surface area is 123 Å². The first-order valence-corrected chi connectivity index (χ1v) is 6.77. The van der Waals surface area contributed by atoms with Crippen molar-refractivity contribution in [2.45, 2.75) is 13.3 Å². The molecule has 0 aliphatic rings. The van der Waals surface area contributed by atoms with Crippen LogP contribution in [0.2, 0.25) is 0 Å². The topological polar surface area (TPSA) is 35.5 Å². The largest absolute Gasteiger partial charge is 0.493 e. The Morgan fingerprint density at radius 3 is 2.33 bits per heavy atom. The number of hydrogen-bond donors (Lipinski definition) is 0. The number of halogens is 1. The predicted octanol–water partition coefficient (Wildman–Crippen LogP) is 3.88. The van der Waals surface area contributed by atoms with Gasteiger partial charge in [0.1, 0.15) is 17.3 Å². The van der Waals surface area contributed by atoms with Crippen LogP contribution in [0.1, 0.15) is 23.7 Å². The van der Waals surface area contributed by atoms with Crippen molar-refractivity contribution < 1.29 is 18.7 Å². The Morgan fingerprint density at radius 1 is 1.00 bits per heavy atom. The van der Waals surface area contributed by atoms with E-state index in [0.29, 0.717) is 36.7 Å². The summed E-state index contributed by atoms with van der Waals surface area (Å²) in [6, 6.07) is 13.0. The van der Waals surface area contributed by atoms with E-state index in [1.807, 2.05) is 6.07 Å². The lowest BCUT2D eigenvalue weighted by Gasteiger charge is -2.08. The normalized spacial score (nSPS) is 10.2. The van der Waals surface area contributed by atoms with E-state index in [1.54, 1.807) is 30.3 Å². The summed E-state index contributed by atoms with van der Waals surface area (Å²) >= 11 is 0. The molecule has 2 aromatic carbocycles. The van der Waals surface area contributed by atoms with Crippen molar-refractivity contribution >= 4 is 5.78 Å². The van der Waals surface area contributed by atoms with Crippen LogP contribution in [-0.2, 0) is 0 Å². The number of hydrogen-bond acceptors (Lipinski definition) is 3. The molecule has 21 heavy (non-hydrogen) atoms. The molecule has 0 spiro atoms. The standard InChI is InChI=1S/C17H17FO3/c1-13(19)14-4-2-5-17(12-14)21-11-3-10-20-16-8-6-15(18)7-9-16/h2,4-9,12H,3,10-11H2,1H3. The maximum Gasteiger partial charge on any atom is 0.159 e. The Bertz CT molecular complexity index is 593. The molecule has 0 N–H and O–H groups in total. The zero-order valence-corrected chi connectivity index (χ0v) is 11.8. The van der Waals surface area contributed by atoms with Crippen molar-refractivity contribution in [3.05, 3.63) is 59.9 Å². The highest BCUT2D eigenvalue weighted by atomic mass is 19.1. The molecule has 0 saturated carbocycles. The van der Waals surface area contributed by atoms with Crippen LogP contribution in [0, 0.1) is 5.82 Å². The van der Waals surface area contributed by atoms with Gasteiger partial charge >= 0.3 is 0 Å². The summed E-state index contributed by atoms with van der Waals surface area (Å²) in [5.41, 5.74) is 0.634. The number of rotatable bonds is 7. The van der Waals surface area contributed by atoms with Gasteiger partial charge in [0.25, 0.3) is 0 Å². The predicted molar refractivity (Wildman–Crippen MR) is 78.5 cm³/mol. The molecule has 0 saturated heterocycles. The van der Waals surface area contributed by atoms with Crippen LogP contribution >= 0.6 is 0 Å². The van der Waals surface area contributed by atoms with Gasteiger partial charge in [-0.15, -0.1) is 0 Å². The lowest BCUT2D eigenvalue weighted by Crippen LogP contribution is -2.05. The lowest BCUT2D eigenvalue weighted by molar-refractivity contribution is 0.101. The average Bonchev–Trinajstić information content (AvgIpc) is 2.49. The smallest absolute Gasteiger partial charge is 0.159 e. The van der Waals surface area contributed by atoms with Crippen LogP contribution in [0.15, 0.2) is 48.5 Å². The molecule has 3 nitrogen and oxygen atoms in total. The second kappa shape index (κ2) is 7.43. The third-order valence-electron chi connectivity index (χ3n) is 2.88. The van der Waals surface area contributed by atoms with E-state index in [0.717, 1.165) is 0 Å². The minimum absolute atomic E-state index is 0.0140. The van der Waals surface area contributed by atoms with E-state index in [4.69, 9.17) is 9.47 Å². The molecule has 0 heterocycles. The van der Waals surface area contributed by atoms with Crippen LogP contribution in [0.5, 0.6) is 11.5 Å². The van der Waals surface area contributed by atoms with Crippen LogP contribution in [0.3, 0.4) is 0 Å². The number of Topliss-reactive ketones (excluding diaryl/α,β-unsaturated/α-hetero) is 1. The highest BCUT2D eigenvalue weighted by Gasteiger charge is 2.01. The van der Waals surface area contributed by atoms with Gasteiger partial charge in [-0.2, -0.15) is 0 Å². The van der Waals surface area contributed by atoms with Crippen LogP contribution in [0.4, 0.5) is 4.39 Å². The van der Waals surface area contributed by atoms with Crippen molar-refractivity contribution in [2.24, 2.45) is 0 Å². The Kier molecular flexibility index (Phi) is 5.32. The minimum atomic E-state index is -0.281. The van der Waals surface area contributed by atoms with E-state index in [1.165, 1.54) is 19.1 Å². The Hall–Kier alpha value is -2.36. The molecule has 0 bridgehead atoms. The van der Waals surface area contributed by atoms with E-state index < -0.39 is 0 Å². The molecule has 0 aliphatic heterocycles. The molecule has 0 unspecified atom stereocenters. The summed E-state index contributed by atoms with van der Waals surface area (Å²) in [5, 5.41) is 0. The minimum Gasteiger partial charge on any atom is -0.493 e. The quantitative estimate of drug-likeness (QED) is 0.573. The molecule has 110 valence electrons. The van der Waals surface area contributed by atoms with Gasteiger partial charge in [-0.1, -0.05) is 12.1 Å². The van der Waals surface area contributed by atoms with Crippen molar-refractivity contribution in [1.82, 2.24) is 0 Å². The average molecular weight is 288 g/mol. The second-order valence-electron chi connectivity index (χ2n) is 4.59. The molecule has 2 aromatic rings. The summed E-state index contributed by atoms with van der Waals surface area (Å²) in [5.74, 6) is 1.04. The third-order valence-corrected chi connectivity index (χ3v) is 2.88. The molecule has 0 amide bonds. The van der Waals surface area contributed by atoms with E-state index in [-0.39, 0.29) is 11.6 Å². The van der Waals surface area contributed by atoms with Gasteiger partial charge < -0.3 is 9.47 Å². The van der Waals surface area contributed by atoms with Gasteiger partial charge in [0, 0.05) is 12.0 Å². The number of carbonyl (C=O) groups excluding carboxylic acids is 1. The maximum atomic E-state index is 12.7. The van der Waals surface area contributed by atoms with Gasteiger partial charge in [0.05, 0.1) is 13.2 Å². The first-order valence-electron chi connectivity index (χ1n) is 6.77. The lowest BCUT2D eigenvalue weighted by atomic mass is 10.1. The fourth-order valence-corrected chi connectivity index (χ4v) is 1.77. The molecule has 0 radical (unpaired) electrons. The zero-order valence-electron chi connectivity index (χ0n) is 11.8. The van der Waals surface area contributed by atoms with Gasteiger partial charge in [0.2, 0.25) is 0 Å². The van der Waals surface area contributed by atoms with Crippen LogP contribution in [0.25, 0.3) is 0 Å². The summed E-state index contributed by atoms with van der Waals surface area (Å²) in [4.78, 5) is 11.3. The monoisotopic (exact) mass is 288 g/mol.